The number of amides is 1. The third-order valence-corrected chi connectivity index (χ3v) is 6.31. The molecule has 0 spiro atoms. The molecule has 10 heteroatoms. The molecule has 1 amide bonds. The van der Waals surface area contributed by atoms with E-state index in [2.05, 4.69) is 20.4 Å². The summed E-state index contributed by atoms with van der Waals surface area (Å²) < 4.78 is 22.3. The molecule has 5 aromatic rings. The van der Waals surface area contributed by atoms with E-state index < -0.39 is 11.9 Å². The van der Waals surface area contributed by atoms with Crippen molar-refractivity contribution in [2.24, 2.45) is 7.05 Å². The van der Waals surface area contributed by atoms with Crippen molar-refractivity contribution in [2.75, 3.05) is 7.11 Å². The van der Waals surface area contributed by atoms with Crippen molar-refractivity contribution in [3.8, 4) is 22.1 Å². The number of thiophene rings is 1. The summed E-state index contributed by atoms with van der Waals surface area (Å²) in [5.41, 5.74) is 1.39. The molecule has 0 radical (unpaired) electrons. The van der Waals surface area contributed by atoms with Crippen LogP contribution in [0.3, 0.4) is 0 Å². The van der Waals surface area contributed by atoms with Gasteiger partial charge in [-0.05, 0) is 53.4 Å². The lowest BCUT2D eigenvalue weighted by Crippen LogP contribution is -2.32. The lowest BCUT2D eigenvalue weighted by Gasteiger charge is -2.19. The van der Waals surface area contributed by atoms with E-state index in [0.29, 0.717) is 23.1 Å². The third-order valence-electron chi connectivity index (χ3n) is 5.44. The Labute approximate surface area is 204 Å². The van der Waals surface area contributed by atoms with E-state index in [1.807, 2.05) is 59.6 Å². The average molecular weight is 489 g/mol. The smallest absolute Gasteiger partial charge is 0.291 e. The maximum atomic E-state index is 13.5. The summed E-state index contributed by atoms with van der Waals surface area (Å²) in [5, 5.41) is 9.41. The number of carbonyl (C=O) groups excluding carboxylic acids is 1. The number of rotatable bonds is 7. The van der Waals surface area contributed by atoms with Gasteiger partial charge < -0.3 is 14.6 Å². The van der Waals surface area contributed by atoms with Gasteiger partial charge >= 0.3 is 0 Å². The van der Waals surface area contributed by atoms with E-state index in [-0.39, 0.29) is 11.6 Å². The number of aromatic nitrogens is 5. The molecule has 1 N–H and O–H groups in total. The lowest BCUT2D eigenvalue weighted by molar-refractivity contribution is 0.0930. The van der Waals surface area contributed by atoms with Crippen molar-refractivity contribution >= 4 is 17.2 Å². The minimum Gasteiger partial charge on any atom is -0.497 e. The van der Waals surface area contributed by atoms with Crippen LogP contribution in [-0.2, 0) is 7.05 Å². The van der Waals surface area contributed by atoms with Crippen LogP contribution in [0.4, 0.5) is 4.39 Å². The number of ether oxygens (including phenoxy) is 1. The van der Waals surface area contributed by atoms with Crippen LogP contribution in [-0.4, -0.2) is 37.3 Å². The summed E-state index contributed by atoms with van der Waals surface area (Å²) in [7, 11) is 3.45. The topological polar surface area (TPSA) is 86.9 Å². The minimum absolute atomic E-state index is 0.0140. The molecule has 176 valence electrons. The van der Waals surface area contributed by atoms with Gasteiger partial charge in [-0.3, -0.25) is 4.79 Å². The monoisotopic (exact) mass is 488 g/mol. The lowest BCUT2D eigenvalue weighted by atomic mass is 10.1. The van der Waals surface area contributed by atoms with Crippen molar-refractivity contribution in [1.29, 1.82) is 0 Å². The maximum absolute atomic E-state index is 13.5. The predicted octanol–water partition coefficient (Wildman–Crippen LogP) is 4.40. The van der Waals surface area contributed by atoms with Crippen LogP contribution in [0.25, 0.3) is 16.4 Å². The first-order valence-electron chi connectivity index (χ1n) is 10.7. The number of hydrogen-bond acceptors (Lipinski definition) is 6. The normalized spacial score (nSPS) is 11.9. The molecule has 0 aliphatic carbocycles. The summed E-state index contributed by atoms with van der Waals surface area (Å²) in [5.74, 6) is 0.949. The number of benzene rings is 2. The zero-order chi connectivity index (χ0) is 24.4. The van der Waals surface area contributed by atoms with Crippen LogP contribution in [0, 0.1) is 5.82 Å². The highest BCUT2D eigenvalue weighted by molar-refractivity contribution is 7.13. The fourth-order valence-corrected chi connectivity index (χ4v) is 4.40. The fraction of sp³-hybridized carbons (Fsp3) is 0.120. The van der Waals surface area contributed by atoms with Crippen molar-refractivity contribution in [3.05, 3.63) is 101 Å². The number of nitrogens with zero attached hydrogens (tertiary/aromatic N) is 5. The molecule has 1 atom stereocenters. The summed E-state index contributed by atoms with van der Waals surface area (Å²) in [6.07, 6.45) is 3.48. The van der Waals surface area contributed by atoms with E-state index in [1.165, 1.54) is 23.5 Å². The standard InChI is InChI=1S/C25H21FN6O2S/c1-31-13-12-27-24(31)21(16-5-3-6-19(15-16)34-2)28-25(33)22-29-23(20-7-4-14-35-20)32(30-22)18-10-8-17(26)9-11-18/h3-15,21H,1-2H3,(H,28,33). The third kappa shape index (κ3) is 4.56. The van der Waals surface area contributed by atoms with E-state index in [0.717, 1.165) is 10.4 Å². The molecule has 0 saturated carbocycles. The van der Waals surface area contributed by atoms with E-state index in [4.69, 9.17) is 4.74 Å². The first kappa shape index (κ1) is 22.5. The van der Waals surface area contributed by atoms with E-state index >= 15 is 0 Å². The van der Waals surface area contributed by atoms with Gasteiger partial charge in [0.1, 0.15) is 23.4 Å². The molecule has 1 unspecified atom stereocenters. The summed E-state index contributed by atoms with van der Waals surface area (Å²) >= 11 is 1.47. The molecule has 3 heterocycles. The van der Waals surface area contributed by atoms with Gasteiger partial charge in [-0.1, -0.05) is 18.2 Å². The van der Waals surface area contributed by atoms with Gasteiger partial charge in [-0.2, -0.15) is 0 Å². The highest BCUT2D eigenvalue weighted by atomic mass is 32.1. The second-order valence-electron chi connectivity index (χ2n) is 7.70. The largest absolute Gasteiger partial charge is 0.497 e. The first-order chi connectivity index (χ1) is 17.0. The van der Waals surface area contributed by atoms with Crippen LogP contribution in [0.5, 0.6) is 5.75 Å². The predicted molar refractivity (Wildman–Crippen MR) is 130 cm³/mol. The van der Waals surface area contributed by atoms with E-state index in [9.17, 15) is 9.18 Å². The Kier molecular flexibility index (Phi) is 6.11. The van der Waals surface area contributed by atoms with Gasteiger partial charge in [0.05, 0.1) is 17.7 Å². The van der Waals surface area contributed by atoms with Crippen LogP contribution in [0.2, 0.25) is 0 Å². The van der Waals surface area contributed by atoms with Crippen molar-refractivity contribution in [1.82, 2.24) is 29.6 Å². The van der Waals surface area contributed by atoms with Gasteiger partial charge in [-0.25, -0.2) is 19.0 Å². The quantitative estimate of drug-likeness (QED) is 0.367. The Morgan fingerprint density at radius 3 is 2.66 bits per heavy atom. The van der Waals surface area contributed by atoms with Gasteiger partial charge in [0.25, 0.3) is 5.91 Å². The molecule has 2 aromatic carbocycles. The molecule has 8 nitrogen and oxygen atoms in total. The Morgan fingerprint density at radius 2 is 1.97 bits per heavy atom. The zero-order valence-corrected chi connectivity index (χ0v) is 19.7. The van der Waals surface area contributed by atoms with Crippen molar-refractivity contribution in [2.45, 2.75) is 6.04 Å². The van der Waals surface area contributed by atoms with Gasteiger partial charge in [-0.15, -0.1) is 16.4 Å². The molecule has 0 aliphatic rings. The van der Waals surface area contributed by atoms with Gasteiger partial charge in [0, 0.05) is 19.4 Å². The van der Waals surface area contributed by atoms with Crippen LogP contribution in [0.1, 0.15) is 28.0 Å². The Bertz CT molecular complexity index is 1460. The van der Waals surface area contributed by atoms with Gasteiger partial charge in [0.15, 0.2) is 5.82 Å². The molecular formula is C25H21FN6O2S. The Morgan fingerprint density at radius 1 is 1.14 bits per heavy atom. The van der Waals surface area contributed by atoms with Crippen LogP contribution >= 0.6 is 11.3 Å². The van der Waals surface area contributed by atoms with Gasteiger partial charge in [0.2, 0.25) is 5.82 Å². The molecule has 0 bridgehead atoms. The average Bonchev–Trinajstić information content (AvgIpc) is 3.64. The van der Waals surface area contributed by atoms with Crippen molar-refractivity contribution in [3.63, 3.8) is 0 Å². The fourth-order valence-electron chi connectivity index (χ4n) is 3.70. The number of nitrogens with one attached hydrogen (secondary N) is 1. The first-order valence-corrected chi connectivity index (χ1v) is 11.6. The van der Waals surface area contributed by atoms with Crippen LogP contribution in [0.15, 0.2) is 78.4 Å². The Balaban J connectivity index is 1.54. The highest BCUT2D eigenvalue weighted by Crippen LogP contribution is 2.27. The number of aryl methyl sites for hydroxylation is 1. The number of imidazole rings is 1. The molecule has 0 saturated heterocycles. The molecular weight excluding hydrogens is 467 g/mol. The minimum atomic E-state index is -0.569. The SMILES string of the molecule is COc1cccc(C(NC(=O)c2nc(-c3cccs3)n(-c3ccc(F)cc3)n2)c2nccn2C)c1. The highest BCUT2D eigenvalue weighted by Gasteiger charge is 2.26. The number of halogens is 1. The number of methoxy groups -OCH3 is 1. The van der Waals surface area contributed by atoms with Crippen LogP contribution < -0.4 is 10.1 Å². The second kappa shape index (κ2) is 9.51. The maximum Gasteiger partial charge on any atom is 0.291 e. The van der Waals surface area contributed by atoms with Crippen molar-refractivity contribution < 1.29 is 13.9 Å². The summed E-state index contributed by atoms with van der Waals surface area (Å²) in [4.78, 5) is 23.2. The molecule has 0 fully saturated rings. The molecule has 0 aliphatic heterocycles. The van der Waals surface area contributed by atoms with E-state index in [1.54, 1.807) is 30.1 Å². The number of carbonyl (C=O) groups is 1. The Hall–Kier alpha value is -4.31. The summed E-state index contributed by atoms with van der Waals surface area (Å²) in [6, 6.07) is 16.5. The number of hydrogen-bond donors (Lipinski definition) is 1. The summed E-state index contributed by atoms with van der Waals surface area (Å²) in [6.45, 7) is 0. The molecule has 3 aromatic heterocycles. The molecule has 35 heavy (non-hydrogen) atoms. The zero-order valence-electron chi connectivity index (χ0n) is 18.9. The second-order valence-corrected chi connectivity index (χ2v) is 8.65. The molecule has 5 rings (SSSR count).